The fourth-order valence-electron chi connectivity index (χ4n) is 1.21. The summed E-state index contributed by atoms with van der Waals surface area (Å²) in [6.07, 6.45) is 2.27. The van der Waals surface area contributed by atoms with Crippen LogP contribution in [0.3, 0.4) is 0 Å². The van der Waals surface area contributed by atoms with Crippen LogP contribution in [0.25, 0.3) is 0 Å². The molecule has 1 saturated carbocycles. The second-order valence-electron chi connectivity index (χ2n) is 2.88. The third-order valence-corrected chi connectivity index (χ3v) is 2.60. The maximum absolute atomic E-state index is 5.84. The van der Waals surface area contributed by atoms with Gasteiger partial charge in [0.25, 0.3) is 0 Å². The smallest absolute Gasteiger partial charge is 0.137 e. The van der Waals surface area contributed by atoms with Crippen LogP contribution in [0, 0.1) is 0 Å². The van der Waals surface area contributed by atoms with Crippen molar-refractivity contribution in [3.63, 3.8) is 0 Å². The molecule has 0 amide bonds. The molecule has 1 heterocycles. The molecule has 2 rings (SSSR count). The number of hydrogen-bond acceptors (Lipinski definition) is 3. The minimum atomic E-state index is 0.172. The van der Waals surface area contributed by atoms with Crippen molar-refractivity contribution in [2.45, 2.75) is 18.4 Å². The molecule has 1 aliphatic rings. The van der Waals surface area contributed by atoms with Crippen LogP contribution in [-0.2, 0) is 0 Å². The van der Waals surface area contributed by atoms with Gasteiger partial charge in [-0.15, -0.1) is 0 Å². The Kier molecular flexibility index (Phi) is 1.94. The van der Waals surface area contributed by atoms with E-state index in [4.69, 9.17) is 28.9 Å². The van der Waals surface area contributed by atoms with Crippen molar-refractivity contribution in [2.75, 3.05) is 0 Å². The van der Waals surface area contributed by atoms with E-state index in [0.29, 0.717) is 10.3 Å². The van der Waals surface area contributed by atoms with Crippen molar-refractivity contribution >= 4 is 23.2 Å². The maximum atomic E-state index is 5.84. The molecule has 1 fully saturated rings. The number of halogens is 2. The highest BCUT2D eigenvalue weighted by Gasteiger charge is 2.38. The van der Waals surface area contributed by atoms with Crippen LogP contribution >= 0.6 is 23.2 Å². The van der Waals surface area contributed by atoms with Gasteiger partial charge in [-0.3, -0.25) is 0 Å². The van der Waals surface area contributed by atoms with Crippen molar-refractivity contribution in [1.82, 2.24) is 9.97 Å². The first-order valence-corrected chi connectivity index (χ1v) is 4.37. The lowest BCUT2D eigenvalue weighted by Gasteiger charge is -2.01. The van der Waals surface area contributed by atoms with Gasteiger partial charge in [0.1, 0.15) is 16.6 Å². The Morgan fingerprint density at radius 3 is 2.25 bits per heavy atom. The summed E-state index contributed by atoms with van der Waals surface area (Å²) in [5.74, 6) is 0.256. The van der Waals surface area contributed by atoms with Crippen molar-refractivity contribution in [3.05, 3.63) is 22.2 Å². The Bertz CT molecular complexity index is 295. The van der Waals surface area contributed by atoms with Crippen LogP contribution < -0.4 is 5.73 Å². The quantitative estimate of drug-likeness (QED) is 0.706. The number of rotatable bonds is 1. The van der Waals surface area contributed by atoms with E-state index in [9.17, 15) is 0 Å². The van der Waals surface area contributed by atoms with Gasteiger partial charge in [-0.05, 0) is 6.42 Å². The molecule has 0 aromatic carbocycles. The summed E-state index contributed by atoms with van der Waals surface area (Å²) in [4.78, 5) is 7.70. The predicted molar refractivity (Wildman–Crippen MR) is 47.4 cm³/mol. The summed E-state index contributed by atoms with van der Waals surface area (Å²) in [7, 11) is 0. The fraction of sp³-hybridized carbons (Fsp3) is 0.429. The summed E-state index contributed by atoms with van der Waals surface area (Å²) in [5.41, 5.74) is 6.46. The third kappa shape index (κ3) is 1.28. The van der Waals surface area contributed by atoms with Crippen LogP contribution in [0.5, 0.6) is 0 Å². The minimum absolute atomic E-state index is 0.172. The van der Waals surface area contributed by atoms with Gasteiger partial charge in [0.2, 0.25) is 0 Å². The summed E-state index contributed by atoms with van der Waals surface area (Å²) in [5, 5.41) is 0.848. The first-order valence-electron chi connectivity index (χ1n) is 3.61. The van der Waals surface area contributed by atoms with Gasteiger partial charge in [-0.1, -0.05) is 23.2 Å². The van der Waals surface area contributed by atoms with Crippen molar-refractivity contribution in [1.29, 1.82) is 0 Å². The number of aromatic nitrogens is 2. The first kappa shape index (κ1) is 8.23. The predicted octanol–water partition coefficient (Wildman–Crippen LogP) is 1.60. The van der Waals surface area contributed by atoms with E-state index in [1.165, 1.54) is 6.33 Å². The number of hydrogen-bond donors (Lipinski definition) is 1. The van der Waals surface area contributed by atoms with Crippen LogP contribution in [-0.4, -0.2) is 16.0 Å². The van der Waals surface area contributed by atoms with Crippen LogP contribution in [0.2, 0.25) is 10.3 Å². The summed E-state index contributed by atoms with van der Waals surface area (Å²) < 4.78 is 0. The summed E-state index contributed by atoms with van der Waals surface area (Å²) >= 11 is 11.7. The molecular weight excluding hydrogens is 197 g/mol. The highest BCUT2D eigenvalue weighted by atomic mass is 35.5. The lowest BCUT2D eigenvalue weighted by atomic mass is 10.2. The molecule has 0 aliphatic heterocycles. The zero-order valence-electron chi connectivity index (χ0n) is 6.17. The van der Waals surface area contributed by atoms with E-state index in [0.717, 1.165) is 12.0 Å². The largest absolute Gasteiger partial charge is 0.327 e. The van der Waals surface area contributed by atoms with E-state index in [1.807, 2.05) is 0 Å². The Labute approximate surface area is 79.9 Å². The molecule has 1 aromatic rings. The first-order chi connectivity index (χ1) is 5.70. The standard InChI is InChI=1S/C7H7Cl2N3/c8-6-5(3-1-4(3)10)7(9)12-2-11-6/h2-4H,1,10H2/t3-,4-/m1/s1. The molecule has 64 valence electrons. The van der Waals surface area contributed by atoms with Gasteiger partial charge < -0.3 is 5.73 Å². The average Bonchev–Trinajstić information content (AvgIpc) is 2.67. The van der Waals surface area contributed by atoms with Crippen molar-refractivity contribution in [2.24, 2.45) is 5.73 Å². The molecule has 2 atom stereocenters. The minimum Gasteiger partial charge on any atom is -0.327 e. The third-order valence-electron chi connectivity index (χ3n) is 2.00. The molecule has 0 radical (unpaired) electrons. The monoisotopic (exact) mass is 203 g/mol. The summed E-state index contributed by atoms with van der Waals surface area (Å²) in [6.45, 7) is 0. The Hall–Kier alpha value is -0.380. The van der Waals surface area contributed by atoms with Crippen LogP contribution in [0.15, 0.2) is 6.33 Å². The normalized spacial score (nSPS) is 27.2. The van der Waals surface area contributed by atoms with E-state index >= 15 is 0 Å². The van der Waals surface area contributed by atoms with E-state index in [1.54, 1.807) is 0 Å². The molecule has 0 saturated heterocycles. The average molecular weight is 204 g/mol. The van der Waals surface area contributed by atoms with Gasteiger partial charge in [0, 0.05) is 17.5 Å². The molecule has 0 unspecified atom stereocenters. The molecule has 1 aliphatic carbocycles. The van der Waals surface area contributed by atoms with Gasteiger partial charge in [-0.25, -0.2) is 9.97 Å². The fourth-order valence-corrected chi connectivity index (χ4v) is 1.80. The number of nitrogens with zero attached hydrogens (tertiary/aromatic N) is 2. The molecule has 3 nitrogen and oxygen atoms in total. The lowest BCUT2D eigenvalue weighted by Crippen LogP contribution is -2.02. The zero-order chi connectivity index (χ0) is 8.72. The molecule has 2 N–H and O–H groups in total. The maximum Gasteiger partial charge on any atom is 0.137 e. The van der Waals surface area contributed by atoms with E-state index in [2.05, 4.69) is 9.97 Å². The molecular formula is C7H7Cl2N3. The van der Waals surface area contributed by atoms with Crippen LogP contribution in [0.4, 0.5) is 0 Å². The van der Waals surface area contributed by atoms with Crippen LogP contribution in [0.1, 0.15) is 17.9 Å². The van der Waals surface area contributed by atoms with Gasteiger partial charge >= 0.3 is 0 Å². The highest BCUT2D eigenvalue weighted by Crippen LogP contribution is 2.43. The summed E-state index contributed by atoms with van der Waals surface area (Å²) in [6, 6.07) is 0.172. The Morgan fingerprint density at radius 2 is 1.83 bits per heavy atom. The SMILES string of the molecule is N[C@@H]1C[C@H]1c1c(Cl)ncnc1Cl. The second kappa shape index (κ2) is 2.83. The Morgan fingerprint density at radius 1 is 1.33 bits per heavy atom. The Balaban J connectivity index is 2.41. The molecule has 0 spiro atoms. The van der Waals surface area contributed by atoms with E-state index < -0.39 is 0 Å². The van der Waals surface area contributed by atoms with Gasteiger partial charge in [0.15, 0.2) is 0 Å². The second-order valence-corrected chi connectivity index (χ2v) is 3.59. The zero-order valence-corrected chi connectivity index (χ0v) is 7.68. The topological polar surface area (TPSA) is 51.8 Å². The molecule has 1 aromatic heterocycles. The molecule has 12 heavy (non-hydrogen) atoms. The van der Waals surface area contributed by atoms with E-state index in [-0.39, 0.29) is 12.0 Å². The van der Waals surface area contributed by atoms with Crippen molar-refractivity contribution in [3.8, 4) is 0 Å². The molecule has 0 bridgehead atoms. The lowest BCUT2D eigenvalue weighted by molar-refractivity contribution is 0.962. The van der Waals surface area contributed by atoms with Crippen molar-refractivity contribution < 1.29 is 0 Å². The highest BCUT2D eigenvalue weighted by molar-refractivity contribution is 6.34. The number of nitrogens with two attached hydrogens (primary N) is 1. The molecule has 5 heteroatoms. The van der Waals surface area contributed by atoms with Gasteiger partial charge in [0.05, 0.1) is 0 Å². The van der Waals surface area contributed by atoms with Gasteiger partial charge in [-0.2, -0.15) is 0 Å².